The lowest BCUT2D eigenvalue weighted by atomic mass is 10.2. The summed E-state index contributed by atoms with van der Waals surface area (Å²) >= 11 is 1.23. The van der Waals surface area contributed by atoms with Crippen LogP contribution in [0.4, 0.5) is 5.13 Å². The number of benzene rings is 2. The fraction of sp³-hybridized carbons (Fsp3) is 0.0556. The number of carbonyl (C=O) groups is 2. The monoisotopic (exact) mass is 353 g/mol. The van der Waals surface area contributed by atoms with Gasteiger partial charge in [-0.25, -0.2) is 4.98 Å². The number of para-hydroxylation sites is 2. The number of aromatic nitrogens is 1. The summed E-state index contributed by atoms with van der Waals surface area (Å²) in [5.74, 6) is 0.275. The zero-order valence-electron chi connectivity index (χ0n) is 13.1. The van der Waals surface area contributed by atoms with Gasteiger partial charge < -0.3 is 10.5 Å². The van der Waals surface area contributed by atoms with Crippen LogP contribution in [0.1, 0.15) is 16.1 Å². The number of amides is 2. The lowest BCUT2D eigenvalue weighted by Gasteiger charge is -2.10. The number of hydrogen-bond donors (Lipinski definition) is 2. The van der Waals surface area contributed by atoms with E-state index in [0.717, 1.165) is 0 Å². The van der Waals surface area contributed by atoms with Crippen molar-refractivity contribution < 1.29 is 14.3 Å². The first-order valence-corrected chi connectivity index (χ1v) is 8.36. The van der Waals surface area contributed by atoms with Crippen molar-refractivity contribution in [2.75, 3.05) is 5.32 Å². The molecule has 7 heteroatoms. The van der Waals surface area contributed by atoms with Crippen LogP contribution in [-0.2, 0) is 11.2 Å². The van der Waals surface area contributed by atoms with E-state index in [0.29, 0.717) is 27.9 Å². The molecule has 25 heavy (non-hydrogen) atoms. The van der Waals surface area contributed by atoms with Gasteiger partial charge in [0.25, 0.3) is 5.91 Å². The molecule has 2 amide bonds. The first kappa shape index (κ1) is 16.7. The molecule has 126 valence electrons. The highest BCUT2D eigenvalue weighted by atomic mass is 32.1. The minimum Gasteiger partial charge on any atom is -0.457 e. The van der Waals surface area contributed by atoms with Gasteiger partial charge in [-0.15, -0.1) is 11.3 Å². The number of thiazole rings is 1. The Morgan fingerprint density at radius 1 is 1.08 bits per heavy atom. The molecule has 0 atom stereocenters. The van der Waals surface area contributed by atoms with Crippen LogP contribution in [0.15, 0.2) is 60.0 Å². The van der Waals surface area contributed by atoms with Gasteiger partial charge in [0.2, 0.25) is 5.91 Å². The van der Waals surface area contributed by atoms with Crippen molar-refractivity contribution in [2.24, 2.45) is 5.73 Å². The van der Waals surface area contributed by atoms with Gasteiger partial charge in [0, 0.05) is 5.38 Å². The second-order valence-corrected chi connectivity index (χ2v) is 6.01. The third-order valence-corrected chi connectivity index (χ3v) is 4.04. The topological polar surface area (TPSA) is 94.3 Å². The Kier molecular flexibility index (Phi) is 5.06. The number of carbonyl (C=O) groups excluding carboxylic acids is 2. The van der Waals surface area contributed by atoms with Crippen molar-refractivity contribution in [2.45, 2.75) is 6.42 Å². The maximum Gasteiger partial charge on any atom is 0.261 e. The normalized spacial score (nSPS) is 10.2. The van der Waals surface area contributed by atoms with Crippen LogP contribution in [0.5, 0.6) is 11.5 Å². The van der Waals surface area contributed by atoms with Gasteiger partial charge in [0.05, 0.1) is 17.7 Å². The van der Waals surface area contributed by atoms with E-state index in [-0.39, 0.29) is 12.3 Å². The molecule has 0 radical (unpaired) electrons. The summed E-state index contributed by atoms with van der Waals surface area (Å²) in [7, 11) is 0. The molecular formula is C18H15N3O3S. The minimum atomic E-state index is -0.468. The van der Waals surface area contributed by atoms with Gasteiger partial charge in [-0.1, -0.05) is 30.3 Å². The van der Waals surface area contributed by atoms with Gasteiger partial charge in [0.15, 0.2) is 5.13 Å². The quantitative estimate of drug-likeness (QED) is 0.711. The molecule has 3 N–H and O–H groups in total. The molecule has 0 aliphatic heterocycles. The summed E-state index contributed by atoms with van der Waals surface area (Å²) < 4.78 is 5.79. The third-order valence-electron chi connectivity index (χ3n) is 3.23. The molecule has 0 spiro atoms. The van der Waals surface area contributed by atoms with E-state index in [9.17, 15) is 9.59 Å². The van der Waals surface area contributed by atoms with Crippen LogP contribution in [0.25, 0.3) is 0 Å². The van der Waals surface area contributed by atoms with Gasteiger partial charge in [0.1, 0.15) is 11.5 Å². The van der Waals surface area contributed by atoms with E-state index < -0.39 is 5.91 Å². The lowest BCUT2D eigenvalue weighted by Crippen LogP contribution is -2.15. The van der Waals surface area contributed by atoms with Crippen molar-refractivity contribution in [3.8, 4) is 11.5 Å². The van der Waals surface area contributed by atoms with E-state index in [2.05, 4.69) is 10.3 Å². The van der Waals surface area contributed by atoms with Crippen molar-refractivity contribution in [1.82, 2.24) is 4.98 Å². The number of nitrogens with two attached hydrogens (primary N) is 1. The number of ether oxygens (including phenoxy) is 1. The highest BCUT2D eigenvalue weighted by molar-refractivity contribution is 7.14. The Morgan fingerprint density at radius 2 is 1.80 bits per heavy atom. The molecule has 0 saturated carbocycles. The molecule has 0 fully saturated rings. The first-order valence-electron chi connectivity index (χ1n) is 7.48. The summed E-state index contributed by atoms with van der Waals surface area (Å²) in [6.07, 6.45) is 0.0417. The molecule has 3 rings (SSSR count). The number of nitrogens with one attached hydrogen (secondary N) is 1. The van der Waals surface area contributed by atoms with E-state index in [1.165, 1.54) is 11.3 Å². The average Bonchev–Trinajstić information content (AvgIpc) is 3.02. The second kappa shape index (κ2) is 7.59. The fourth-order valence-corrected chi connectivity index (χ4v) is 2.85. The average molecular weight is 353 g/mol. The summed E-state index contributed by atoms with van der Waals surface area (Å²) in [6, 6.07) is 16.2. The molecule has 1 aromatic heterocycles. The lowest BCUT2D eigenvalue weighted by molar-refractivity contribution is -0.117. The van der Waals surface area contributed by atoms with Crippen molar-refractivity contribution in [3.05, 3.63) is 71.2 Å². The summed E-state index contributed by atoms with van der Waals surface area (Å²) in [6.45, 7) is 0. The summed E-state index contributed by atoms with van der Waals surface area (Å²) in [5.41, 5.74) is 6.06. The van der Waals surface area contributed by atoms with E-state index in [1.54, 1.807) is 29.6 Å². The minimum absolute atomic E-state index is 0.0417. The zero-order valence-corrected chi connectivity index (χ0v) is 14.0. The summed E-state index contributed by atoms with van der Waals surface area (Å²) in [4.78, 5) is 27.6. The number of nitrogens with zero attached hydrogens (tertiary/aromatic N) is 1. The van der Waals surface area contributed by atoms with Gasteiger partial charge in [-0.3, -0.25) is 14.9 Å². The predicted octanol–water partition coefficient (Wildman–Crippen LogP) is 3.22. The number of hydrogen-bond acceptors (Lipinski definition) is 5. The van der Waals surface area contributed by atoms with Crippen LogP contribution >= 0.6 is 11.3 Å². The standard InChI is InChI=1S/C18H15N3O3S/c19-16(22)10-12-11-25-18(20-12)21-17(23)14-8-4-5-9-15(14)24-13-6-2-1-3-7-13/h1-9,11H,10H2,(H2,19,22)(H,20,21,23). The predicted molar refractivity (Wildman–Crippen MR) is 95.9 cm³/mol. The molecule has 6 nitrogen and oxygen atoms in total. The van der Waals surface area contributed by atoms with E-state index in [1.807, 2.05) is 30.3 Å². The maximum atomic E-state index is 12.5. The zero-order chi connectivity index (χ0) is 17.6. The molecule has 0 aliphatic rings. The molecule has 0 aliphatic carbocycles. The SMILES string of the molecule is NC(=O)Cc1csc(NC(=O)c2ccccc2Oc2ccccc2)n1. The molecule has 3 aromatic rings. The molecule has 0 saturated heterocycles. The van der Waals surface area contributed by atoms with Crippen molar-refractivity contribution in [1.29, 1.82) is 0 Å². The fourth-order valence-electron chi connectivity index (χ4n) is 2.15. The largest absolute Gasteiger partial charge is 0.457 e. The second-order valence-electron chi connectivity index (χ2n) is 5.15. The van der Waals surface area contributed by atoms with Crippen LogP contribution in [0.3, 0.4) is 0 Å². The Balaban J connectivity index is 1.76. The van der Waals surface area contributed by atoms with E-state index in [4.69, 9.17) is 10.5 Å². The number of anilines is 1. The first-order chi connectivity index (χ1) is 12.1. The number of primary amides is 1. The number of rotatable bonds is 6. The highest BCUT2D eigenvalue weighted by Crippen LogP contribution is 2.26. The molecular weight excluding hydrogens is 338 g/mol. The Bertz CT molecular complexity index is 893. The maximum absolute atomic E-state index is 12.5. The molecule has 0 unspecified atom stereocenters. The summed E-state index contributed by atoms with van der Waals surface area (Å²) in [5, 5.41) is 4.80. The van der Waals surface area contributed by atoms with E-state index >= 15 is 0 Å². The molecule has 2 aromatic carbocycles. The molecule has 0 bridgehead atoms. The third kappa shape index (κ3) is 4.42. The highest BCUT2D eigenvalue weighted by Gasteiger charge is 2.15. The van der Waals surface area contributed by atoms with Crippen LogP contribution in [0.2, 0.25) is 0 Å². The van der Waals surface area contributed by atoms with Crippen LogP contribution in [0, 0.1) is 0 Å². The van der Waals surface area contributed by atoms with Crippen LogP contribution in [-0.4, -0.2) is 16.8 Å². The van der Waals surface area contributed by atoms with Crippen molar-refractivity contribution in [3.63, 3.8) is 0 Å². The Morgan fingerprint density at radius 3 is 2.56 bits per heavy atom. The smallest absolute Gasteiger partial charge is 0.261 e. The van der Waals surface area contributed by atoms with Gasteiger partial charge in [-0.2, -0.15) is 0 Å². The Labute approximate surface area is 148 Å². The molecule has 1 heterocycles. The van der Waals surface area contributed by atoms with Crippen LogP contribution < -0.4 is 15.8 Å². The van der Waals surface area contributed by atoms with Crippen molar-refractivity contribution >= 4 is 28.3 Å². The Hall–Kier alpha value is -3.19. The van der Waals surface area contributed by atoms with Gasteiger partial charge >= 0.3 is 0 Å². The van der Waals surface area contributed by atoms with Gasteiger partial charge in [-0.05, 0) is 24.3 Å².